The summed E-state index contributed by atoms with van der Waals surface area (Å²) >= 11 is 6.89. The zero-order valence-electron chi connectivity index (χ0n) is 15.9. The van der Waals surface area contributed by atoms with Crippen molar-refractivity contribution in [3.05, 3.63) is 50.2 Å². The van der Waals surface area contributed by atoms with Gasteiger partial charge in [-0.15, -0.1) is 0 Å². The van der Waals surface area contributed by atoms with Crippen molar-refractivity contribution < 1.29 is 27.7 Å². The van der Waals surface area contributed by atoms with E-state index in [1.165, 1.54) is 10.6 Å². The summed E-state index contributed by atoms with van der Waals surface area (Å²) in [4.78, 5) is 37.3. The van der Waals surface area contributed by atoms with Gasteiger partial charge in [-0.25, -0.2) is 14.3 Å². The molecule has 3 rings (SSSR count). The van der Waals surface area contributed by atoms with Gasteiger partial charge in [-0.3, -0.25) is 14.6 Å². The van der Waals surface area contributed by atoms with Gasteiger partial charge in [0.2, 0.25) is 0 Å². The molecule has 1 aromatic carbocycles. The fourth-order valence-corrected chi connectivity index (χ4v) is 4.00. The molecule has 6 nitrogen and oxygen atoms in total. The fourth-order valence-electron chi connectivity index (χ4n) is 2.80. The molecule has 0 spiro atoms. The van der Waals surface area contributed by atoms with E-state index in [-0.39, 0.29) is 23.0 Å². The van der Waals surface area contributed by atoms with Crippen molar-refractivity contribution in [1.82, 2.24) is 9.55 Å². The number of fused-ring (bicyclic) bond motifs is 1. The van der Waals surface area contributed by atoms with E-state index in [1.54, 1.807) is 6.07 Å². The maximum atomic E-state index is 12.9. The third-order valence-electron chi connectivity index (χ3n) is 4.16. The molecule has 0 aliphatic rings. The van der Waals surface area contributed by atoms with Crippen LogP contribution < -0.4 is 9.76 Å². The molecule has 0 bridgehead atoms. The van der Waals surface area contributed by atoms with Crippen molar-refractivity contribution in [1.29, 1.82) is 0 Å². The Labute approximate surface area is 177 Å². The summed E-state index contributed by atoms with van der Waals surface area (Å²) in [6.07, 6.45) is -2.71. The normalized spacial score (nSPS) is 11.7. The molecule has 2 heterocycles. The van der Waals surface area contributed by atoms with E-state index in [1.807, 2.05) is 13.8 Å². The van der Waals surface area contributed by atoms with E-state index in [0.717, 1.165) is 17.4 Å². The molecule has 0 amide bonds. The van der Waals surface area contributed by atoms with Gasteiger partial charge < -0.3 is 0 Å². The van der Waals surface area contributed by atoms with Crippen molar-refractivity contribution in [2.24, 2.45) is 0 Å². The molecule has 0 N–H and O–H groups in total. The quantitative estimate of drug-likeness (QED) is 0.368. The maximum Gasteiger partial charge on any atom is 0.417 e. The van der Waals surface area contributed by atoms with E-state index in [9.17, 15) is 22.8 Å². The number of alkyl halides is 3. The van der Waals surface area contributed by atoms with Crippen LogP contribution in [0.25, 0.3) is 16.0 Å². The second-order valence-electron chi connectivity index (χ2n) is 6.30. The van der Waals surface area contributed by atoms with Crippen LogP contribution in [0.1, 0.15) is 37.8 Å². The summed E-state index contributed by atoms with van der Waals surface area (Å²) in [6.45, 7) is 3.65. The Kier molecular flexibility index (Phi) is 6.37. The number of carbonyl (C=O) groups is 1. The van der Waals surface area contributed by atoms with Gasteiger partial charge in [-0.2, -0.15) is 13.2 Å². The topological polar surface area (TPSA) is 70.4 Å². The Hall–Kier alpha value is -2.59. The number of thiazole rings is 1. The van der Waals surface area contributed by atoms with Crippen LogP contribution in [-0.4, -0.2) is 15.5 Å². The van der Waals surface area contributed by atoms with E-state index < -0.39 is 22.6 Å². The first-order chi connectivity index (χ1) is 14.2. The first-order valence-corrected chi connectivity index (χ1v) is 10.1. The number of benzene rings is 1. The number of pyridine rings is 1. The van der Waals surface area contributed by atoms with Gasteiger partial charge in [-0.1, -0.05) is 36.8 Å². The molecule has 3 aromatic rings. The number of hydrogen-bond acceptors (Lipinski definition) is 6. The number of aromatic nitrogens is 2. The number of halogens is 4. The Morgan fingerprint density at radius 1 is 1.27 bits per heavy atom. The lowest BCUT2D eigenvalue weighted by Gasteiger charge is -2.12. The summed E-state index contributed by atoms with van der Waals surface area (Å²) in [7, 11) is 0. The second kappa shape index (κ2) is 8.65. The monoisotopic (exact) mass is 460 g/mol. The highest BCUT2D eigenvalue weighted by Crippen LogP contribution is 2.34. The summed E-state index contributed by atoms with van der Waals surface area (Å²) in [5.41, 5.74) is 0.0863. The summed E-state index contributed by atoms with van der Waals surface area (Å²) in [5.74, 6) is -0.399. The van der Waals surface area contributed by atoms with Crippen molar-refractivity contribution >= 4 is 39.1 Å². The van der Waals surface area contributed by atoms with Gasteiger partial charge in [0.25, 0.3) is 0 Å². The fraction of sp³-hybridized carbons (Fsp3) is 0.316. The Morgan fingerprint density at radius 3 is 2.60 bits per heavy atom. The van der Waals surface area contributed by atoms with Crippen LogP contribution >= 0.6 is 22.9 Å². The largest absolute Gasteiger partial charge is 0.417 e. The molecule has 0 aliphatic carbocycles. The minimum atomic E-state index is -4.60. The van der Waals surface area contributed by atoms with E-state index in [4.69, 9.17) is 21.4 Å². The molecular weight excluding hydrogens is 445 g/mol. The van der Waals surface area contributed by atoms with Crippen LogP contribution in [0.2, 0.25) is 5.02 Å². The first kappa shape index (κ1) is 22.1. The maximum absolute atomic E-state index is 12.9. The van der Waals surface area contributed by atoms with Crippen LogP contribution in [0, 0.1) is 0 Å². The third kappa shape index (κ3) is 4.44. The number of aryl methyl sites for hydroxylation is 1. The van der Waals surface area contributed by atoms with E-state index >= 15 is 0 Å². The first-order valence-electron chi connectivity index (χ1n) is 8.94. The van der Waals surface area contributed by atoms with Crippen LogP contribution in [0.5, 0.6) is 5.75 Å². The summed E-state index contributed by atoms with van der Waals surface area (Å²) in [5, 5.41) is -0.303. The van der Waals surface area contributed by atoms with Crippen LogP contribution in [0.4, 0.5) is 13.2 Å². The van der Waals surface area contributed by atoms with E-state index in [2.05, 4.69) is 4.98 Å². The second-order valence-corrected chi connectivity index (χ2v) is 7.70. The van der Waals surface area contributed by atoms with Gasteiger partial charge in [0.05, 0.1) is 20.8 Å². The van der Waals surface area contributed by atoms with Crippen LogP contribution in [-0.2, 0) is 22.3 Å². The molecule has 0 aliphatic heterocycles. The van der Waals surface area contributed by atoms with Crippen LogP contribution in [0.15, 0.2) is 29.2 Å². The Bertz CT molecular complexity index is 1160. The highest BCUT2D eigenvalue weighted by molar-refractivity contribution is 7.16. The molecule has 160 valence electrons. The molecule has 0 saturated carbocycles. The lowest BCUT2D eigenvalue weighted by atomic mass is 10.1. The standard InChI is InChI=1S/C19H16ClF3N2O4S/c1-3-5-15(26)29-28-12-6-10(4-2)16-14(8-12)30-18(27)25(16)17-13(20)7-11(9-24-17)19(21,22)23/h6-9H,3-5H2,1-2H3. The number of hydrogen-bond donors (Lipinski definition) is 0. The minimum absolute atomic E-state index is 0.0985. The lowest BCUT2D eigenvalue weighted by molar-refractivity contribution is -0.213. The van der Waals surface area contributed by atoms with Gasteiger partial charge >= 0.3 is 17.0 Å². The third-order valence-corrected chi connectivity index (χ3v) is 5.32. The number of carbonyl (C=O) groups excluding carboxylic acids is 1. The van der Waals surface area contributed by atoms with Gasteiger partial charge in [0, 0.05) is 18.7 Å². The Morgan fingerprint density at radius 2 is 2.00 bits per heavy atom. The SMILES string of the molecule is CCCC(=O)OOc1cc(CC)c2c(c1)sc(=O)n2-c1ncc(C(F)(F)F)cc1Cl. The van der Waals surface area contributed by atoms with Crippen molar-refractivity contribution in [2.75, 3.05) is 0 Å². The average molecular weight is 461 g/mol. The van der Waals surface area contributed by atoms with Gasteiger partial charge in [0.1, 0.15) is 0 Å². The lowest BCUT2D eigenvalue weighted by Crippen LogP contribution is -2.15. The molecular formula is C19H16ClF3N2O4S. The highest BCUT2D eigenvalue weighted by atomic mass is 35.5. The van der Waals surface area contributed by atoms with Crippen molar-refractivity contribution in [3.8, 4) is 11.6 Å². The van der Waals surface area contributed by atoms with Crippen LogP contribution in [0.3, 0.4) is 0 Å². The van der Waals surface area contributed by atoms with Gasteiger partial charge in [-0.05, 0) is 30.5 Å². The molecule has 2 aromatic heterocycles. The molecule has 0 atom stereocenters. The predicted molar refractivity (Wildman–Crippen MR) is 106 cm³/mol. The summed E-state index contributed by atoms with van der Waals surface area (Å²) in [6, 6.07) is 3.83. The molecule has 30 heavy (non-hydrogen) atoms. The smallest absolute Gasteiger partial charge is 0.287 e. The number of nitrogens with zero attached hydrogens (tertiary/aromatic N) is 2. The zero-order chi connectivity index (χ0) is 22.1. The zero-order valence-corrected chi connectivity index (χ0v) is 17.5. The highest BCUT2D eigenvalue weighted by Gasteiger charge is 2.32. The molecule has 0 fully saturated rings. The van der Waals surface area contributed by atoms with Crippen molar-refractivity contribution in [2.45, 2.75) is 39.3 Å². The molecule has 0 saturated heterocycles. The summed E-state index contributed by atoms with van der Waals surface area (Å²) < 4.78 is 40.4. The predicted octanol–water partition coefficient (Wildman–Crippen LogP) is 5.32. The van der Waals surface area contributed by atoms with Gasteiger partial charge in [0.15, 0.2) is 11.6 Å². The minimum Gasteiger partial charge on any atom is -0.287 e. The molecule has 0 unspecified atom stereocenters. The molecule has 11 heteroatoms. The Balaban J connectivity index is 2.08. The number of rotatable bonds is 6. The molecule has 0 radical (unpaired) electrons. The van der Waals surface area contributed by atoms with Crippen molar-refractivity contribution in [3.63, 3.8) is 0 Å². The average Bonchev–Trinajstić information content (AvgIpc) is 3.00. The van der Waals surface area contributed by atoms with E-state index in [0.29, 0.717) is 34.8 Å².